The van der Waals surface area contributed by atoms with E-state index in [0.29, 0.717) is 41.5 Å². The van der Waals surface area contributed by atoms with Crippen molar-refractivity contribution in [1.29, 1.82) is 0 Å². The zero-order chi connectivity index (χ0) is 24.1. The third-order valence-electron chi connectivity index (χ3n) is 5.71. The summed E-state index contributed by atoms with van der Waals surface area (Å²) in [5.41, 5.74) is 2.23. The number of carbonyl (C=O) groups excluding carboxylic acids is 2. The Morgan fingerprint density at radius 3 is 2.32 bits per heavy atom. The molecule has 0 bridgehead atoms. The number of hydrogen-bond donors (Lipinski definition) is 1. The fraction of sp³-hybridized carbons (Fsp3) is 0.143. The highest BCUT2D eigenvalue weighted by Gasteiger charge is 2.45. The fourth-order valence-corrected chi connectivity index (χ4v) is 4.14. The monoisotopic (exact) mass is 473 g/mol. The van der Waals surface area contributed by atoms with Crippen LogP contribution in [0.25, 0.3) is 5.76 Å². The molecule has 1 amide bonds. The van der Waals surface area contributed by atoms with E-state index in [1.165, 1.54) is 4.90 Å². The van der Waals surface area contributed by atoms with Gasteiger partial charge in [0.05, 0.1) is 11.6 Å². The molecule has 6 heteroatoms. The molecule has 1 aliphatic heterocycles. The summed E-state index contributed by atoms with van der Waals surface area (Å²) < 4.78 is 5.56. The number of benzene rings is 3. The van der Waals surface area contributed by atoms with Crippen molar-refractivity contribution in [3.05, 3.63) is 119 Å². The Morgan fingerprint density at radius 1 is 1.00 bits per heavy atom. The first-order valence-corrected chi connectivity index (χ1v) is 11.3. The van der Waals surface area contributed by atoms with Gasteiger partial charge < -0.3 is 14.7 Å². The number of amides is 1. The smallest absolute Gasteiger partial charge is 0.295 e. The lowest BCUT2D eigenvalue weighted by Crippen LogP contribution is -2.31. The minimum absolute atomic E-state index is 0.0557. The maximum Gasteiger partial charge on any atom is 0.295 e. The number of Topliss-reactive ketones (excluding diaryl/α,β-unsaturated/α-hetero) is 1. The molecule has 0 aliphatic carbocycles. The van der Waals surface area contributed by atoms with Gasteiger partial charge in [-0.1, -0.05) is 66.7 Å². The van der Waals surface area contributed by atoms with Gasteiger partial charge in [0.25, 0.3) is 11.7 Å². The summed E-state index contributed by atoms with van der Waals surface area (Å²) in [6.45, 7) is 4.33. The molecule has 1 saturated heterocycles. The summed E-state index contributed by atoms with van der Waals surface area (Å²) in [5.74, 6) is -0.933. The fourth-order valence-electron chi connectivity index (χ4n) is 4.02. The second kappa shape index (κ2) is 10.4. The molecule has 1 unspecified atom stereocenters. The van der Waals surface area contributed by atoms with Gasteiger partial charge in [-0.25, -0.2) is 0 Å². The molecule has 0 spiro atoms. The molecule has 1 atom stereocenters. The lowest BCUT2D eigenvalue weighted by Gasteiger charge is -2.25. The third kappa shape index (κ3) is 4.90. The normalized spacial score (nSPS) is 17.1. The van der Waals surface area contributed by atoms with E-state index in [9.17, 15) is 14.7 Å². The van der Waals surface area contributed by atoms with Crippen LogP contribution in [0.5, 0.6) is 5.75 Å². The number of aliphatic hydroxyl groups is 1. The van der Waals surface area contributed by atoms with E-state index in [0.717, 1.165) is 5.56 Å². The Hall–Kier alpha value is -3.83. The molecule has 0 saturated carbocycles. The number of halogens is 1. The van der Waals surface area contributed by atoms with Gasteiger partial charge in [-0.2, -0.15) is 0 Å². The lowest BCUT2D eigenvalue weighted by atomic mass is 9.95. The van der Waals surface area contributed by atoms with Crippen molar-refractivity contribution in [3.8, 4) is 5.75 Å². The zero-order valence-electron chi connectivity index (χ0n) is 18.5. The van der Waals surface area contributed by atoms with E-state index < -0.39 is 17.7 Å². The van der Waals surface area contributed by atoms with Crippen LogP contribution < -0.4 is 4.74 Å². The third-order valence-corrected chi connectivity index (χ3v) is 5.96. The molecule has 172 valence electrons. The molecule has 4 rings (SSSR count). The highest BCUT2D eigenvalue weighted by atomic mass is 35.5. The standard InChI is InChI=1S/C28H24ClNO4/c1-2-18-34-23-14-10-20(11-15-23)25-24(26(31)21-8-12-22(29)13-9-21)27(32)28(33)30(25)17-16-19-6-4-3-5-7-19/h2-15,25,31H,1,16-18H2. The molecule has 3 aromatic carbocycles. The molecule has 0 radical (unpaired) electrons. The van der Waals surface area contributed by atoms with Crippen molar-refractivity contribution >= 4 is 29.1 Å². The summed E-state index contributed by atoms with van der Waals surface area (Å²) >= 11 is 5.98. The van der Waals surface area contributed by atoms with Crippen molar-refractivity contribution in [2.75, 3.05) is 13.2 Å². The molecule has 1 heterocycles. The molecule has 3 aromatic rings. The number of aliphatic hydroxyl groups excluding tert-OH is 1. The highest BCUT2D eigenvalue weighted by Crippen LogP contribution is 2.40. The van der Waals surface area contributed by atoms with Crippen molar-refractivity contribution < 1.29 is 19.4 Å². The van der Waals surface area contributed by atoms with Crippen LogP contribution in [0.3, 0.4) is 0 Å². The minimum Gasteiger partial charge on any atom is -0.507 e. The van der Waals surface area contributed by atoms with Crippen LogP contribution in [0, 0.1) is 0 Å². The van der Waals surface area contributed by atoms with E-state index in [1.54, 1.807) is 54.6 Å². The predicted octanol–water partition coefficient (Wildman–Crippen LogP) is 5.57. The summed E-state index contributed by atoms with van der Waals surface area (Å²) in [5, 5.41) is 11.6. The summed E-state index contributed by atoms with van der Waals surface area (Å²) in [6, 6.07) is 22.7. The Labute approximate surface area is 203 Å². The van der Waals surface area contributed by atoms with Crippen LogP contribution in [0.15, 0.2) is 97.1 Å². The number of ether oxygens (including phenoxy) is 1. The van der Waals surface area contributed by atoms with Crippen LogP contribution in [0.4, 0.5) is 0 Å². The van der Waals surface area contributed by atoms with Gasteiger partial charge >= 0.3 is 0 Å². The van der Waals surface area contributed by atoms with Gasteiger partial charge in [-0.3, -0.25) is 9.59 Å². The highest BCUT2D eigenvalue weighted by molar-refractivity contribution is 6.46. The number of nitrogens with zero attached hydrogens (tertiary/aromatic N) is 1. The van der Waals surface area contributed by atoms with E-state index in [1.807, 2.05) is 30.3 Å². The Balaban J connectivity index is 1.75. The van der Waals surface area contributed by atoms with Crippen LogP contribution in [0.2, 0.25) is 5.02 Å². The van der Waals surface area contributed by atoms with Gasteiger partial charge in [0.15, 0.2) is 0 Å². The van der Waals surface area contributed by atoms with Crippen molar-refractivity contribution in [1.82, 2.24) is 4.90 Å². The maximum absolute atomic E-state index is 13.1. The van der Waals surface area contributed by atoms with E-state index in [4.69, 9.17) is 16.3 Å². The van der Waals surface area contributed by atoms with Gasteiger partial charge in [0.1, 0.15) is 18.1 Å². The quantitative estimate of drug-likeness (QED) is 0.201. The zero-order valence-corrected chi connectivity index (χ0v) is 19.2. The lowest BCUT2D eigenvalue weighted by molar-refractivity contribution is -0.139. The van der Waals surface area contributed by atoms with Gasteiger partial charge in [0.2, 0.25) is 0 Å². The molecule has 1 fully saturated rings. The minimum atomic E-state index is -0.729. The largest absolute Gasteiger partial charge is 0.507 e. The number of rotatable bonds is 8. The molecular formula is C28H24ClNO4. The molecule has 5 nitrogen and oxygen atoms in total. The van der Waals surface area contributed by atoms with Crippen molar-refractivity contribution in [3.63, 3.8) is 0 Å². The van der Waals surface area contributed by atoms with E-state index in [2.05, 4.69) is 6.58 Å². The van der Waals surface area contributed by atoms with Crippen LogP contribution in [-0.4, -0.2) is 34.8 Å². The van der Waals surface area contributed by atoms with E-state index in [-0.39, 0.29) is 11.3 Å². The molecule has 0 aromatic heterocycles. The molecule has 34 heavy (non-hydrogen) atoms. The summed E-state index contributed by atoms with van der Waals surface area (Å²) in [6.07, 6.45) is 2.23. The van der Waals surface area contributed by atoms with Gasteiger partial charge in [-0.15, -0.1) is 0 Å². The number of hydrogen-bond acceptors (Lipinski definition) is 4. The number of ketones is 1. The first kappa shape index (κ1) is 23.3. The number of carbonyl (C=O) groups is 2. The predicted molar refractivity (Wildman–Crippen MR) is 133 cm³/mol. The average Bonchev–Trinajstić information content (AvgIpc) is 3.12. The van der Waals surface area contributed by atoms with Crippen LogP contribution in [0.1, 0.15) is 22.7 Å². The first-order chi connectivity index (χ1) is 16.5. The average molecular weight is 474 g/mol. The van der Waals surface area contributed by atoms with Crippen molar-refractivity contribution in [2.45, 2.75) is 12.5 Å². The Kier molecular flexibility index (Phi) is 7.14. The summed E-state index contributed by atoms with van der Waals surface area (Å²) in [4.78, 5) is 27.7. The summed E-state index contributed by atoms with van der Waals surface area (Å²) in [7, 11) is 0. The van der Waals surface area contributed by atoms with Crippen LogP contribution >= 0.6 is 11.6 Å². The first-order valence-electron chi connectivity index (χ1n) is 10.9. The molecule has 1 aliphatic rings. The topological polar surface area (TPSA) is 66.8 Å². The maximum atomic E-state index is 13.1. The second-order valence-electron chi connectivity index (χ2n) is 7.90. The SMILES string of the molecule is C=CCOc1ccc(C2C(=C(O)c3ccc(Cl)cc3)C(=O)C(=O)N2CCc2ccccc2)cc1. The van der Waals surface area contributed by atoms with E-state index >= 15 is 0 Å². The Morgan fingerprint density at radius 2 is 1.68 bits per heavy atom. The van der Waals surface area contributed by atoms with Crippen LogP contribution in [-0.2, 0) is 16.0 Å². The Bertz CT molecular complexity index is 1220. The number of likely N-dealkylation sites (tertiary alicyclic amines) is 1. The molecule has 1 N–H and O–H groups in total. The van der Waals surface area contributed by atoms with Gasteiger partial charge in [0, 0.05) is 17.1 Å². The van der Waals surface area contributed by atoms with Crippen molar-refractivity contribution in [2.24, 2.45) is 0 Å². The second-order valence-corrected chi connectivity index (χ2v) is 8.34. The molecular weight excluding hydrogens is 450 g/mol. The van der Waals surface area contributed by atoms with Gasteiger partial charge in [-0.05, 0) is 53.9 Å².